The van der Waals surface area contributed by atoms with Gasteiger partial charge in [-0.3, -0.25) is 0 Å². The van der Waals surface area contributed by atoms with Gasteiger partial charge in [-0.1, -0.05) is 12.0 Å². The zero-order chi connectivity index (χ0) is 27.7. The predicted molar refractivity (Wildman–Crippen MR) is 156 cm³/mol. The summed E-state index contributed by atoms with van der Waals surface area (Å²) in [5.74, 6) is 3.61. The number of phenolic OH excluding ortho intramolecular Hbond substituents is 1. The van der Waals surface area contributed by atoms with Gasteiger partial charge in [-0.15, -0.1) is 6.42 Å². The average Bonchev–Trinajstić information content (AvgIpc) is 3.66. The van der Waals surface area contributed by atoms with Crippen molar-refractivity contribution in [2.24, 2.45) is 0 Å². The third-order valence-corrected chi connectivity index (χ3v) is 9.28. The number of ether oxygens (including phenoxy) is 1. The van der Waals surface area contributed by atoms with Crippen LogP contribution in [0.15, 0.2) is 36.5 Å². The summed E-state index contributed by atoms with van der Waals surface area (Å²) in [6.45, 7) is 3.87. The normalized spacial score (nSPS) is 23.4. The van der Waals surface area contributed by atoms with Gasteiger partial charge in [0.2, 0.25) is 5.88 Å². The number of phenols is 1. The minimum Gasteiger partial charge on any atom is -0.508 e. The molecule has 0 amide bonds. The Bertz CT molecular complexity index is 1690. The molecule has 5 heterocycles. The van der Waals surface area contributed by atoms with Gasteiger partial charge >= 0.3 is 0 Å². The van der Waals surface area contributed by atoms with Gasteiger partial charge in [0.1, 0.15) is 23.5 Å². The summed E-state index contributed by atoms with van der Waals surface area (Å²) in [4.78, 5) is 9.95. The first-order chi connectivity index (χ1) is 20.0. The Kier molecular flexibility index (Phi) is 5.83. The molecule has 41 heavy (non-hydrogen) atoms. The van der Waals surface area contributed by atoms with Crippen molar-refractivity contribution in [1.82, 2.24) is 24.8 Å². The second-order valence-corrected chi connectivity index (χ2v) is 12.0. The highest BCUT2D eigenvalue weighted by molar-refractivity contribution is 6.04. The van der Waals surface area contributed by atoms with Crippen LogP contribution in [0.3, 0.4) is 0 Å². The fraction of sp³-hybridized carbons (Fsp3) is 0.438. The second kappa shape index (κ2) is 9.61. The highest BCUT2D eigenvalue weighted by Crippen LogP contribution is 2.39. The first-order valence-electron chi connectivity index (χ1n) is 14.8. The van der Waals surface area contributed by atoms with Gasteiger partial charge in [0, 0.05) is 61.3 Å². The molecule has 8 rings (SSSR count). The molecule has 4 aromatic rings. The number of benzene rings is 2. The Morgan fingerprint density at radius 1 is 1.00 bits per heavy atom. The molecule has 4 fully saturated rings. The number of piperidine rings is 1. The number of anilines is 1. The molecule has 2 atom stereocenters. The van der Waals surface area contributed by atoms with Crippen molar-refractivity contribution in [3.63, 3.8) is 0 Å². The molecular formula is C32H33FN6O2. The molecule has 0 spiro atoms. The standard InChI is InChI=1S/C32H33FN6O2/c1-2-25-28(33)8-3-19-13-23(40)14-26(31(19)25)27-16-34-39-30(38-17-20-4-5-21(18-38)35-20)15-29(36-32(27)39)41-24-9-11-37(12-10-24)22-6-7-22/h1,3,8,13-16,20-22,24,35,40H,4-7,9-12,17-18H2. The fourth-order valence-corrected chi connectivity index (χ4v) is 7.13. The van der Waals surface area contributed by atoms with E-state index in [2.05, 4.69) is 21.0 Å². The molecular weight excluding hydrogens is 519 g/mol. The number of piperazine rings is 1. The minimum absolute atomic E-state index is 0.0650. The van der Waals surface area contributed by atoms with Gasteiger partial charge < -0.3 is 25.0 Å². The molecule has 2 aromatic heterocycles. The van der Waals surface area contributed by atoms with Crippen molar-refractivity contribution >= 4 is 22.2 Å². The zero-order valence-electron chi connectivity index (χ0n) is 22.9. The van der Waals surface area contributed by atoms with Crippen LogP contribution in [-0.4, -0.2) is 75.0 Å². The van der Waals surface area contributed by atoms with Crippen LogP contribution in [0.2, 0.25) is 0 Å². The molecule has 2 aromatic carbocycles. The Morgan fingerprint density at radius 2 is 1.78 bits per heavy atom. The van der Waals surface area contributed by atoms with Gasteiger partial charge in [0.05, 0.1) is 11.8 Å². The van der Waals surface area contributed by atoms with Crippen LogP contribution >= 0.6 is 0 Å². The van der Waals surface area contributed by atoms with Crippen LogP contribution in [0.25, 0.3) is 27.5 Å². The molecule has 3 aliphatic heterocycles. The van der Waals surface area contributed by atoms with Crippen molar-refractivity contribution in [2.45, 2.75) is 62.8 Å². The monoisotopic (exact) mass is 552 g/mol. The summed E-state index contributed by atoms with van der Waals surface area (Å²) in [7, 11) is 0. The van der Waals surface area contributed by atoms with Gasteiger partial charge in [-0.05, 0) is 67.7 Å². The molecule has 2 unspecified atom stereocenters. The van der Waals surface area contributed by atoms with Gasteiger partial charge in [0.25, 0.3) is 0 Å². The van der Waals surface area contributed by atoms with E-state index in [1.54, 1.807) is 24.4 Å². The molecule has 8 nitrogen and oxygen atoms in total. The molecule has 210 valence electrons. The van der Waals surface area contributed by atoms with Crippen LogP contribution in [0, 0.1) is 18.2 Å². The number of nitrogens with one attached hydrogen (secondary N) is 1. The lowest BCUT2D eigenvalue weighted by Gasteiger charge is -2.35. The number of aromatic nitrogens is 3. The Balaban J connectivity index is 1.25. The van der Waals surface area contributed by atoms with E-state index in [-0.39, 0.29) is 17.4 Å². The number of aromatic hydroxyl groups is 1. The number of fused-ring (bicyclic) bond motifs is 4. The molecule has 1 saturated carbocycles. The number of terminal acetylenes is 1. The van der Waals surface area contributed by atoms with Crippen molar-refractivity contribution in [1.29, 1.82) is 0 Å². The minimum atomic E-state index is -0.477. The molecule has 2 bridgehead atoms. The SMILES string of the molecule is C#Cc1c(F)ccc2cc(O)cc(-c3cnn4c(N5CC6CCC(C5)N6)cc(OC5CCN(C6CC6)CC5)nc34)c12. The van der Waals surface area contributed by atoms with Crippen LogP contribution in [0.5, 0.6) is 11.6 Å². The van der Waals surface area contributed by atoms with E-state index in [0.717, 1.165) is 50.9 Å². The maximum absolute atomic E-state index is 14.9. The van der Waals surface area contributed by atoms with E-state index in [9.17, 15) is 9.50 Å². The summed E-state index contributed by atoms with van der Waals surface area (Å²) in [5, 5.41) is 20.3. The maximum atomic E-state index is 14.9. The Hall–Kier alpha value is -3.87. The molecule has 9 heteroatoms. The summed E-state index contributed by atoms with van der Waals surface area (Å²) in [5.41, 5.74) is 2.01. The van der Waals surface area contributed by atoms with E-state index in [4.69, 9.17) is 21.2 Å². The highest BCUT2D eigenvalue weighted by Gasteiger charge is 2.35. The lowest BCUT2D eigenvalue weighted by atomic mass is 9.95. The predicted octanol–water partition coefficient (Wildman–Crippen LogP) is 4.32. The smallest absolute Gasteiger partial charge is 0.219 e. The molecule has 4 aliphatic rings. The van der Waals surface area contributed by atoms with Crippen molar-refractivity contribution in [3.8, 4) is 35.1 Å². The van der Waals surface area contributed by atoms with Gasteiger partial charge in [0.15, 0.2) is 5.65 Å². The third-order valence-electron chi connectivity index (χ3n) is 9.28. The maximum Gasteiger partial charge on any atom is 0.219 e. The molecule has 1 aliphatic carbocycles. The molecule has 0 radical (unpaired) electrons. The lowest BCUT2D eigenvalue weighted by molar-refractivity contribution is 0.0931. The van der Waals surface area contributed by atoms with Crippen LogP contribution in [-0.2, 0) is 0 Å². The van der Waals surface area contributed by atoms with E-state index >= 15 is 0 Å². The zero-order valence-corrected chi connectivity index (χ0v) is 22.9. The second-order valence-electron chi connectivity index (χ2n) is 12.0. The fourth-order valence-electron chi connectivity index (χ4n) is 7.13. The average molecular weight is 553 g/mol. The van der Waals surface area contributed by atoms with Crippen molar-refractivity contribution in [2.75, 3.05) is 31.1 Å². The number of likely N-dealkylation sites (tertiary alicyclic amines) is 1. The quantitative estimate of drug-likeness (QED) is 0.357. The van der Waals surface area contributed by atoms with Crippen LogP contribution in [0.1, 0.15) is 44.1 Å². The number of hydrogen-bond donors (Lipinski definition) is 2. The van der Waals surface area contributed by atoms with E-state index in [1.807, 2.05) is 10.6 Å². The van der Waals surface area contributed by atoms with E-state index in [0.29, 0.717) is 45.5 Å². The number of halogens is 1. The van der Waals surface area contributed by atoms with E-state index < -0.39 is 5.82 Å². The molecule has 3 saturated heterocycles. The Labute approximate surface area is 238 Å². The van der Waals surface area contributed by atoms with Gasteiger partial charge in [-0.25, -0.2) is 4.39 Å². The summed E-state index contributed by atoms with van der Waals surface area (Å²) in [6.07, 6.45) is 14.5. The highest BCUT2D eigenvalue weighted by atomic mass is 19.1. The van der Waals surface area contributed by atoms with Crippen molar-refractivity contribution < 1.29 is 14.2 Å². The molecule has 2 N–H and O–H groups in total. The summed E-state index contributed by atoms with van der Waals surface area (Å²) in [6, 6.07) is 9.87. The first-order valence-corrected chi connectivity index (χ1v) is 14.8. The van der Waals surface area contributed by atoms with Crippen molar-refractivity contribution in [3.05, 3.63) is 47.9 Å². The Morgan fingerprint density at radius 3 is 2.51 bits per heavy atom. The number of rotatable bonds is 5. The lowest BCUT2D eigenvalue weighted by Crippen LogP contribution is -2.51. The van der Waals surface area contributed by atoms with Crippen LogP contribution < -0.4 is 15.0 Å². The first kappa shape index (κ1) is 24.9. The van der Waals surface area contributed by atoms with Crippen LogP contribution in [0.4, 0.5) is 10.2 Å². The number of nitrogens with zero attached hydrogens (tertiary/aromatic N) is 5. The topological polar surface area (TPSA) is 78.2 Å². The number of hydrogen-bond acceptors (Lipinski definition) is 7. The largest absolute Gasteiger partial charge is 0.508 e. The van der Waals surface area contributed by atoms with Gasteiger partial charge in [-0.2, -0.15) is 14.6 Å². The van der Waals surface area contributed by atoms with E-state index in [1.165, 1.54) is 31.7 Å². The third kappa shape index (κ3) is 4.37. The summed E-state index contributed by atoms with van der Waals surface area (Å²) >= 11 is 0. The summed E-state index contributed by atoms with van der Waals surface area (Å²) < 4.78 is 23.3.